The predicted octanol–water partition coefficient (Wildman–Crippen LogP) is -1.58. The van der Waals surface area contributed by atoms with E-state index in [1.165, 1.54) is 0 Å². The minimum absolute atomic E-state index is 0.144. The Bertz CT molecular complexity index is 612. The molecule has 9 nitrogen and oxygen atoms in total. The molecule has 0 amide bonds. The summed E-state index contributed by atoms with van der Waals surface area (Å²) in [6.07, 6.45) is 4.49. The molecular formula is C13H20N6O3. The molecule has 0 radical (unpaired) electrons. The number of rotatable bonds is 6. The maximum Gasteiger partial charge on any atom is 0.122 e. The fourth-order valence-corrected chi connectivity index (χ4v) is 2.57. The monoisotopic (exact) mass is 308 g/mol. The first-order valence-corrected chi connectivity index (χ1v) is 7.16. The van der Waals surface area contributed by atoms with Gasteiger partial charge in [-0.3, -0.25) is 0 Å². The molecule has 0 aromatic carbocycles. The van der Waals surface area contributed by atoms with Gasteiger partial charge in [-0.25, -0.2) is 9.67 Å². The summed E-state index contributed by atoms with van der Waals surface area (Å²) in [7, 11) is 1.93. The van der Waals surface area contributed by atoms with Gasteiger partial charge in [-0.2, -0.15) is 0 Å². The van der Waals surface area contributed by atoms with Crippen LogP contribution in [0, 0.1) is 0 Å². The third-order valence-electron chi connectivity index (χ3n) is 3.83. The second-order valence-corrected chi connectivity index (χ2v) is 5.39. The highest BCUT2D eigenvalue weighted by Gasteiger charge is 2.36. The second-order valence-electron chi connectivity index (χ2n) is 5.39. The number of hydrogen-bond donors (Lipinski definition) is 3. The molecule has 1 aliphatic heterocycles. The van der Waals surface area contributed by atoms with Gasteiger partial charge in [0, 0.05) is 19.4 Å². The Balaban J connectivity index is 1.61. The molecule has 2 aromatic heterocycles. The van der Waals surface area contributed by atoms with Crippen molar-refractivity contribution in [2.45, 2.75) is 37.9 Å². The first-order valence-electron chi connectivity index (χ1n) is 7.16. The maximum atomic E-state index is 10.1. The highest BCUT2D eigenvalue weighted by Crippen LogP contribution is 2.17. The van der Waals surface area contributed by atoms with Crippen LogP contribution < -0.4 is 5.32 Å². The molecule has 0 aliphatic carbocycles. The zero-order valence-corrected chi connectivity index (χ0v) is 12.3. The van der Waals surface area contributed by atoms with Crippen molar-refractivity contribution in [2.24, 2.45) is 7.05 Å². The van der Waals surface area contributed by atoms with E-state index >= 15 is 0 Å². The molecule has 22 heavy (non-hydrogen) atoms. The van der Waals surface area contributed by atoms with Gasteiger partial charge in [0.1, 0.15) is 11.5 Å². The fraction of sp³-hybridized carbons (Fsp3) is 0.615. The van der Waals surface area contributed by atoms with Gasteiger partial charge in [0.2, 0.25) is 0 Å². The molecule has 3 heterocycles. The normalized spacial score (nSPS) is 25.0. The summed E-state index contributed by atoms with van der Waals surface area (Å²) in [6, 6.07) is -0.210. The molecular weight excluding hydrogens is 288 g/mol. The van der Waals surface area contributed by atoms with Crippen LogP contribution in [0.1, 0.15) is 11.5 Å². The Labute approximate surface area is 127 Å². The topological polar surface area (TPSA) is 110 Å². The van der Waals surface area contributed by atoms with E-state index in [1.807, 2.05) is 17.8 Å². The molecule has 1 fully saturated rings. The van der Waals surface area contributed by atoms with Gasteiger partial charge in [-0.1, -0.05) is 5.21 Å². The highest BCUT2D eigenvalue weighted by atomic mass is 16.5. The second kappa shape index (κ2) is 6.53. The first kappa shape index (κ1) is 15.1. The summed E-state index contributed by atoms with van der Waals surface area (Å²) in [4.78, 5) is 4.25. The number of imidazole rings is 1. The van der Waals surface area contributed by atoms with Crippen LogP contribution in [0.15, 0.2) is 18.6 Å². The number of nitrogens with zero attached hydrogens (tertiary/aromatic N) is 5. The van der Waals surface area contributed by atoms with Gasteiger partial charge in [0.15, 0.2) is 0 Å². The van der Waals surface area contributed by atoms with Gasteiger partial charge in [-0.15, -0.1) is 5.10 Å². The van der Waals surface area contributed by atoms with Crippen molar-refractivity contribution in [2.75, 3.05) is 6.61 Å². The lowest BCUT2D eigenvalue weighted by atomic mass is 10.1. The van der Waals surface area contributed by atoms with Crippen molar-refractivity contribution in [1.29, 1.82) is 0 Å². The van der Waals surface area contributed by atoms with Crippen molar-refractivity contribution < 1.29 is 14.9 Å². The number of nitrogens with one attached hydrogen (secondary N) is 1. The molecule has 1 saturated heterocycles. The predicted molar refractivity (Wildman–Crippen MR) is 75.5 cm³/mol. The van der Waals surface area contributed by atoms with E-state index in [4.69, 9.17) is 9.84 Å². The van der Waals surface area contributed by atoms with E-state index in [0.29, 0.717) is 18.8 Å². The lowest BCUT2D eigenvalue weighted by Gasteiger charge is -2.21. The Morgan fingerprint density at radius 2 is 2.36 bits per heavy atom. The Morgan fingerprint density at radius 1 is 1.50 bits per heavy atom. The SMILES string of the molecule is Cn1ccnc1CN[C@@H]1[C@@H](O)CO[C@@H]1Cn1cc(CO)nn1. The first-order chi connectivity index (χ1) is 10.7. The summed E-state index contributed by atoms with van der Waals surface area (Å²) in [5, 5.41) is 30.2. The molecule has 0 saturated carbocycles. The summed E-state index contributed by atoms with van der Waals surface area (Å²) < 4.78 is 9.17. The quantitative estimate of drug-likeness (QED) is 0.591. The third kappa shape index (κ3) is 3.17. The standard InChI is InChI=1S/C13H20N6O3/c1-18-3-2-14-12(18)4-15-13-10(21)8-22-11(13)6-19-5-9(7-20)16-17-19/h2-3,5,10-11,13,15,20-21H,4,6-8H2,1H3/t10-,11+,13+/m0/s1. The van der Waals surface area contributed by atoms with Crippen molar-refractivity contribution >= 4 is 0 Å². The van der Waals surface area contributed by atoms with Crippen molar-refractivity contribution in [3.63, 3.8) is 0 Å². The molecule has 0 bridgehead atoms. The van der Waals surface area contributed by atoms with Gasteiger partial charge in [-0.05, 0) is 0 Å². The van der Waals surface area contributed by atoms with Crippen LogP contribution in [0.3, 0.4) is 0 Å². The van der Waals surface area contributed by atoms with Gasteiger partial charge in [0.25, 0.3) is 0 Å². The zero-order chi connectivity index (χ0) is 15.5. The van der Waals surface area contributed by atoms with Gasteiger partial charge in [0.05, 0.1) is 50.7 Å². The number of aromatic nitrogens is 5. The van der Waals surface area contributed by atoms with Crippen LogP contribution in [0.2, 0.25) is 0 Å². The van der Waals surface area contributed by atoms with Crippen LogP contribution in [0.4, 0.5) is 0 Å². The van der Waals surface area contributed by atoms with Gasteiger partial charge >= 0.3 is 0 Å². The molecule has 2 aromatic rings. The third-order valence-corrected chi connectivity index (χ3v) is 3.83. The molecule has 3 rings (SSSR count). The van der Waals surface area contributed by atoms with E-state index in [-0.39, 0.29) is 25.4 Å². The molecule has 120 valence electrons. The molecule has 9 heteroatoms. The van der Waals surface area contributed by atoms with Crippen LogP contribution in [0.5, 0.6) is 0 Å². The Hall–Kier alpha value is -1.81. The minimum Gasteiger partial charge on any atom is -0.390 e. The summed E-state index contributed by atoms with van der Waals surface area (Å²) in [5.74, 6) is 0.890. The van der Waals surface area contributed by atoms with Crippen molar-refractivity contribution in [3.8, 4) is 0 Å². The number of ether oxygens (including phenoxy) is 1. The lowest BCUT2D eigenvalue weighted by Crippen LogP contribution is -2.45. The van der Waals surface area contributed by atoms with Crippen molar-refractivity contribution in [3.05, 3.63) is 30.1 Å². The number of aliphatic hydroxyl groups is 2. The van der Waals surface area contributed by atoms with Gasteiger partial charge < -0.3 is 24.8 Å². The summed E-state index contributed by atoms with van der Waals surface area (Å²) in [6.45, 7) is 1.14. The molecule has 3 N–H and O–H groups in total. The Kier molecular flexibility index (Phi) is 4.48. The van der Waals surface area contributed by atoms with Crippen LogP contribution in [-0.4, -0.2) is 59.6 Å². The zero-order valence-electron chi connectivity index (χ0n) is 12.3. The minimum atomic E-state index is -0.578. The Morgan fingerprint density at radius 3 is 3.05 bits per heavy atom. The van der Waals surface area contributed by atoms with Crippen LogP contribution >= 0.6 is 0 Å². The summed E-state index contributed by atoms with van der Waals surface area (Å²) >= 11 is 0. The van der Waals surface area contributed by atoms with Crippen molar-refractivity contribution in [1.82, 2.24) is 29.9 Å². The van der Waals surface area contributed by atoms with E-state index in [1.54, 1.807) is 17.1 Å². The molecule has 1 aliphatic rings. The average Bonchev–Trinajstić information content (AvgIpc) is 3.20. The molecule has 0 unspecified atom stereocenters. The van der Waals surface area contributed by atoms with E-state index in [2.05, 4.69) is 20.6 Å². The number of aryl methyl sites for hydroxylation is 1. The molecule has 0 spiro atoms. The van der Waals surface area contributed by atoms with E-state index < -0.39 is 6.10 Å². The smallest absolute Gasteiger partial charge is 0.122 e. The number of aliphatic hydroxyl groups excluding tert-OH is 2. The van der Waals surface area contributed by atoms with Crippen LogP contribution in [0.25, 0.3) is 0 Å². The molecule has 3 atom stereocenters. The van der Waals surface area contributed by atoms with E-state index in [9.17, 15) is 5.11 Å². The maximum absolute atomic E-state index is 10.1. The summed E-state index contributed by atoms with van der Waals surface area (Å²) in [5.41, 5.74) is 0.510. The van der Waals surface area contributed by atoms with E-state index in [0.717, 1.165) is 5.82 Å². The average molecular weight is 308 g/mol. The lowest BCUT2D eigenvalue weighted by molar-refractivity contribution is 0.0740. The number of hydrogen-bond acceptors (Lipinski definition) is 7. The highest BCUT2D eigenvalue weighted by molar-refractivity contribution is 4.96. The largest absolute Gasteiger partial charge is 0.390 e. The van der Waals surface area contributed by atoms with Crippen LogP contribution in [-0.2, 0) is 31.5 Å². The fourth-order valence-electron chi connectivity index (χ4n) is 2.57.